The number of methoxy groups -OCH3 is 2. The summed E-state index contributed by atoms with van der Waals surface area (Å²) in [4.78, 5) is 12.6. The minimum Gasteiger partial charge on any atom is -0.496 e. The Labute approximate surface area is 127 Å². The predicted octanol–water partition coefficient (Wildman–Crippen LogP) is 4.24. The third-order valence-electron chi connectivity index (χ3n) is 2.81. The van der Waals surface area contributed by atoms with Crippen LogP contribution in [-0.4, -0.2) is 20.0 Å². The molecule has 0 unspecified atom stereocenters. The lowest BCUT2D eigenvalue weighted by atomic mass is 10.0. The monoisotopic (exact) mass is 310 g/mol. The average molecular weight is 311 g/mol. The van der Waals surface area contributed by atoms with E-state index >= 15 is 0 Å². The largest absolute Gasteiger partial charge is 0.496 e. The standard InChI is InChI=1S/C15H12Cl2O3/c1-19-13-5-3-9(16)7-11(13)15(18)12-8-10(17)4-6-14(12)20-2/h3-8H,1-2H3. The van der Waals surface area contributed by atoms with Crippen LogP contribution in [0, 0.1) is 0 Å². The number of hydrogen-bond acceptors (Lipinski definition) is 3. The van der Waals surface area contributed by atoms with E-state index in [1.807, 2.05) is 0 Å². The van der Waals surface area contributed by atoms with Gasteiger partial charge in [-0.2, -0.15) is 0 Å². The molecule has 0 aliphatic rings. The molecule has 2 aromatic rings. The van der Waals surface area contributed by atoms with Gasteiger partial charge in [0.1, 0.15) is 11.5 Å². The van der Waals surface area contributed by atoms with Crippen LogP contribution in [0.15, 0.2) is 36.4 Å². The summed E-state index contributed by atoms with van der Waals surface area (Å²) < 4.78 is 10.4. The molecule has 104 valence electrons. The van der Waals surface area contributed by atoms with Gasteiger partial charge in [-0.15, -0.1) is 0 Å². The van der Waals surface area contributed by atoms with E-state index < -0.39 is 0 Å². The van der Waals surface area contributed by atoms with Gasteiger partial charge >= 0.3 is 0 Å². The summed E-state index contributed by atoms with van der Waals surface area (Å²) in [7, 11) is 2.99. The average Bonchev–Trinajstić information content (AvgIpc) is 2.46. The van der Waals surface area contributed by atoms with Crippen LogP contribution in [0.25, 0.3) is 0 Å². The summed E-state index contributed by atoms with van der Waals surface area (Å²) in [6.45, 7) is 0. The SMILES string of the molecule is COc1ccc(Cl)cc1C(=O)c1cc(Cl)ccc1OC. The Morgan fingerprint density at radius 1 is 0.850 bits per heavy atom. The molecular weight excluding hydrogens is 299 g/mol. The first kappa shape index (κ1) is 14.7. The molecule has 0 saturated carbocycles. The van der Waals surface area contributed by atoms with E-state index in [1.165, 1.54) is 14.2 Å². The Balaban J connectivity index is 2.56. The fourth-order valence-electron chi connectivity index (χ4n) is 1.86. The van der Waals surface area contributed by atoms with Crippen molar-refractivity contribution in [1.29, 1.82) is 0 Å². The van der Waals surface area contributed by atoms with Crippen LogP contribution in [0.3, 0.4) is 0 Å². The van der Waals surface area contributed by atoms with Gasteiger partial charge in [-0.05, 0) is 36.4 Å². The minimum absolute atomic E-state index is 0.260. The van der Waals surface area contributed by atoms with Crippen molar-refractivity contribution in [2.75, 3.05) is 14.2 Å². The second-order valence-electron chi connectivity index (χ2n) is 4.02. The predicted molar refractivity (Wildman–Crippen MR) is 79.4 cm³/mol. The van der Waals surface area contributed by atoms with Crippen molar-refractivity contribution < 1.29 is 14.3 Å². The van der Waals surface area contributed by atoms with Crippen LogP contribution < -0.4 is 9.47 Å². The smallest absolute Gasteiger partial charge is 0.200 e. The molecule has 0 bridgehead atoms. The van der Waals surface area contributed by atoms with Crippen molar-refractivity contribution in [2.24, 2.45) is 0 Å². The maximum atomic E-state index is 12.6. The summed E-state index contributed by atoms with van der Waals surface area (Å²) in [6, 6.07) is 9.73. The van der Waals surface area contributed by atoms with E-state index in [-0.39, 0.29) is 5.78 Å². The molecule has 0 aromatic heterocycles. The van der Waals surface area contributed by atoms with E-state index in [9.17, 15) is 4.79 Å². The number of ketones is 1. The van der Waals surface area contributed by atoms with E-state index in [2.05, 4.69) is 0 Å². The van der Waals surface area contributed by atoms with Gasteiger partial charge in [-0.3, -0.25) is 4.79 Å². The highest BCUT2D eigenvalue weighted by Gasteiger charge is 2.19. The van der Waals surface area contributed by atoms with Crippen molar-refractivity contribution in [1.82, 2.24) is 0 Å². The molecule has 0 heterocycles. The van der Waals surface area contributed by atoms with Gasteiger partial charge in [0.05, 0.1) is 25.3 Å². The molecule has 0 radical (unpaired) electrons. The Bertz CT molecular complexity index is 598. The maximum absolute atomic E-state index is 12.6. The Morgan fingerprint density at radius 3 is 1.60 bits per heavy atom. The zero-order valence-corrected chi connectivity index (χ0v) is 12.5. The second-order valence-corrected chi connectivity index (χ2v) is 4.89. The highest BCUT2D eigenvalue weighted by atomic mass is 35.5. The fraction of sp³-hybridized carbons (Fsp3) is 0.133. The van der Waals surface area contributed by atoms with Crippen LogP contribution in [0.1, 0.15) is 15.9 Å². The summed E-state index contributed by atoms with van der Waals surface area (Å²) in [5.74, 6) is 0.631. The fourth-order valence-corrected chi connectivity index (χ4v) is 2.20. The lowest BCUT2D eigenvalue weighted by Crippen LogP contribution is -2.06. The van der Waals surface area contributed by atoms with Gasteiger partial charge in [0, 0.05) is 10.0 Å². The van der Waals surface area contributed by atoms with Crippen molar-refractivity contribution in [2.45, 2.75) is 0 Å². The highest BCUT2D eigenvalue weighted by Crippen LogP contribution is 2.30. The Hall–Kier alpha value is -1.71. The lowest BCUT2D eigenvalue weighted by Gasteiger charge is -2.11. The molecule has 0 atom stereocenters. The van der Waals surface area contributed by atoms with Gasteiger partial charge < -0.3 is 9.47 Å². The van der Waals surface area contributed by atoms with Crippen LogP contribution in [0.2, 0.25) is 10.0 Å². The molecule has 5 heteroatoms. The minimum atomic E-state index is -0.260. The molecule has 0 N–H and O–H groups in total. The third kappa shape index (κ3) is 2.89. The molecular formula is C15H12Cl2O3. The van der Waals surface area contributed by atoms with Crippen molar-refractivity contribution in [3.8, 4) is 11.5 Å². The van der Waals surface area contributed by atoms with Gasteiger partial charge in [-0.1, -0.05) is 23.2 Å². The van der Waals surface area contributed by atoms with Crippen molar-refractivity contribution in [3.63, 3.8) is 0 Å². The first-order valence-corrected chi connectivity index (χ1v) is 6.54. The number of ether oxygens (including phenoxy) is 2. The maximum Gasteiger partial charge on any atom is 0.200 e. The number of benzene rings is 2. The molecule has 0 aliphatic carbocycles. The number of hydrogen-bond donors (Lipinski definition) is 0. The number of rotatable bonds is 4. The molecule has 0 amide bonds. The first-order valence-electron chi connectivity index (χ1n) is 5.78. The molecule has 0 aliphatic heterocycles. The van der Waals surface area contributed by atoms with E-state index in [0.29, 0.717) is 32.7 Å². The molecule has 3 nitrogen and oxygen atoms in total. The first-order chi connectivity index (χ1) is 9.56. The van der Waals surface area contributed by atoms with Crippen LogP contribution in [0.4, 0.5) is 0 Å². The zero-order valence-electron chi connectivity index (χ0n) is 10.9. The van der Waals surface area contributed by atoms with Gasteiger partial charge in [0.25, 0.3) is 0 Å². The van der Waals surface area contributed by atoms with Gasteiger partial charge in [0.2, 0.25) is 5.78 Å². The number of halogens is 2. The summed E-state index contributed by atoms with van der Waals surface area (Å²) in [5, 5.41) is 0.908. The van der Waals surface area contributed by atoms with E-state index in [1.54, 1.807) is 36.4 Å². The van der Waals surface area contributed by atoms with Crippen LogP contribution in [0.5, 0.6) is 11.5 Å². The van der Waals surface area contributed by atoms with Crippen molar-refractivity contribution in [3.05, 3.63) is 57.6 Å². The zero-order chi connectivity index (χ0) is 14.7. The molecule has 2 aromatic carbocycles. The molecule has 20 heavy (non-hydrogen) atoms. The molecule has 0 fully saturated rings. The molecule has 0 spiro atoms. The molecule has 2 rings (SSSR count). The van der Waals surface area contributed by atoms with Crippen molar-refractivity contribution >= 4 is 29.0 Å². The molecule has 0 saturated heterocycles. The van der Waals surface area contributed by atoms with Gasteiger partial charge in [-0.25, -0.2) is 0 Å². The topological polar surface area (TPSA) is 35.5 Å². The Morgan fingerprint density at radius 2 is 1.25 bits per heavy atom. The summed E-state index contributed by atoms with van der Waals surface area (Å²) in [5.41, 5.74) is 0.723. The second kappa shape index (κ2) is 6.16. The van der Waals surface area contributed by atoms with E-state index in [4.69, 9.17) is 32.7 Å². The lowest BCUT2D eigenvalue weighted by molar-refractivity contribution is 0.103. The van der Waals surface area contributed by atoms with Gasteiger partial charge in [0.15, 0.2) is 0 Å². The quantitative estimate of drug-likeness (QED) is 0.792. The highest BCUT2D eigenvalue weighted by molar-refractivity contribution is 6.32. The normalized spacial score (nSPS) is 10.2. The van der Waals surface area contributed by atoms with Crippen LogP contribution >= 0.6 is 23.2 Å². The number of carbonyl (C=O) groups excluding carboxylic acids is 1. The Kier molecular flexibility index (Phi) is 4.53. The summed E-state index contributed by atoms with van der Waals surface area (Å²) in [6.07, 6.45) is 0. The third-order valence-corrected chi connectivity index (χ3v) is 3.28. The van der Waals surface area contributed by atoms with E-state index in [0.717, 1.165) is 0 Å². The summed E-state index contributed by atoms with van der Waals surface area (Å²) >= 11 is 11.9. The number of carbonyl (C=O) groups is 1. The van der Waals surface area contributed by atoms with Crippen LogP contribution in [-0.2, 0) is 0 Å².